The first-order valence-electron chi connectivity index (χ1n) is 10.3. The van der Waals surface area contributed by atoms with Crippen molar-refractivity contribution in [2.75, 3.05) is 5.75 Å². The first-order valence-corrected chi connectivity index (χ1v) is 11.2. The number of benzene rings is 1. The van der Waals surface area contributed by atoms with Crippen LogP contribution in [0.4, 0.5) is 0 Å². The zero-order valence-electron chi connectivity index (χ0n) is 15.8. The normalized spacial score (nSPS) is 11.4. The number of allylic oxidation sites excluding steroid dienone is 2. The van der Waals surface area contributed by atoms with E-state index in [4.69, 9.17) is 0 Å². The van der Waals surface area contributed by atoms with Crippen LogP contribution >= 0.6 is 11.8 Å². The van der Waals surface area contributed by atoms with Crippen molar-refractivity contribution in [3.8, 4) is 0 Å². The molecule has 24 heavy (non-hydrogen) atoms. The second kappa shape index (κ2) is 17.1. The van der Waals surface area contributed by atoms with E-state index in [1.54, 1.807) is 0 Å². The average molecular weight is 347 g/mol. The van der Waals surface area contributed by atoms with E-state index < -0.39 is 0 Å². The predicted molar refractivity (Wildman–Crippen MR) is 112 cm³/mol. The van der Waals surface area contributed by atoms with Crippen LogP contribution in [0.25, 0.3) is 0 Å². The lowest BCUT2D eigenvalue weighted by molar-refractivity contribution is 0.610. The molecule has 1 heteroatoms. The average Bonchev–Trinajstić information content (AvgIpc) is 2.62. The smallest absolute Gasteiger partial charge is 0.00719 e. The fourth-order valence-electron chi connectivity index (χ4n) is 2.88. The highest BCUT2D eigenvalue weighted by Gasteiger charge is 1.94. The van der Waals surface area contributed by atoms with Crippen LogP contribution in [0.3, 0.4) is 0 Å². The van der Waals surface area contributed by atoms with Gasteiger partial charge in [-0.2, -0.15) is 0 Å². The highest BCUT2D eigenvalue weighted by Crippen LogP contribution is 2.19. The molecular formula is C23H38S. The fraction of sp³-hybridized carbons (Fsp3) is 0.652. The van der Waals surface area contributed by atoms with E-state index in [-0.39, 0.29) is 0 Å². The maximum atomic E-state index is 2.41. The Hall–Kier alpha value is -0.690. The van der Waals surface area contributed by atoms with Gasteiger partial charge in [0, 0.05) is 4.90 Å². The third kappa shape index (κ3) is 13.7. The predicted octanol–water partition coefficient (Wildman–Crippen LogP) is 8.43. The van der Waals surface area contributed by atoms with Gasteiger partial charge < -0.3 is 0 Å². The maximum Gasteiger partial charge on any atom is 0.00719 e. The summed E-state index contributed by atoms with van der Waals surface area (Å²) in [6.45, 7) is 2.28. The van der Waals surface area contributed by atoms with Crippen LogP contribution in [0, 0.1) is 0 Å². The molecule has 0 aliphatic carbocycles. The lowest BCUT2D eigenvalue weighted by Crippen LogP contribution is -1.82. The Kier molecular flexibility index (Phi) is 15.3. The molecule has 0 saturated heterocycles. The zero-order chi connectivity index (χ0) is 17.1. The second-order valence-corrected chi connectivity index (χ2v) is 7.91. The quantitative estimate of drug-likeness (QED) is 0.164. The molecule has 0 amide bonds. The molecule has 0 saturated carbocycles. The summed E-state index contributed by atoms with van der Waals surface area (Å²) in [5, 5.41) is 0. The molecule has 0 aliphatic rings. The Labute approximate surface area is 155 Å². The molecule has 0 nitrogen and oxygen atoms in total. The Morgan fingerprint density at radius 2 is 1.21 bits per heavy atom. The molecule has 1 rings (SSSR count). The summed E-state index contributed by atoms with van der Waals surface area (Å²) >= 11 is 1.99. The van der Waals surface area contributed by atoms with Gasteiger partial charge in [0.1, 0.15) is 0 Å². The van der Waals surface area contributed by atoms with Crippen molar-refractivity contribution < 1.29 is 0 Å². The van der Waals surface area contributed by atoms with E-state index in [2.05, 4.69) is 49.4 Å². The summed E-state index contributed by atoms with van der Waals surface area (Å²) in [7, 11) is 0. The molecule has 0 atom stereocenters. The minimum atomic E-state index is 1.27. The first kappa shape index (κ1) is 21.4. The summed E-state index contributed by atoms with van der Waals surface area (Å²) in [5.41, 5.74) is 0. The van der Waals surface area contributed by atoms with Gasteiger partial charge >= 0.3 is 0 Å². The van der Waals surface area contributed by atoms with Gasteiger partial charge in [-0.1, -0.05) is 88.6 Å². The van der Waals surface area contributed by atoms with Gasteiger partial charge in [-0.25, -0.2) is 0 Å². The van der Waals surface area contributed by atoms with E-state index in [9.17, 15) is 0 Å². The Morgan fingerprint density at radius 1 is 0.667 bits per heavy atom. The molecule has 0 N–H and O–H groups in total. The van der Waals surface area contributed by atoms with Crippen molar-refractivity contribution in [2.45, 2.75) is 95.3 Å². The third-order valence-electron chi connectivity index (χ3n) is 4.42. The van der Waals surface area contributed by atoms with Gasteiger partial charge in [0.15, 0.2) is 0 Å². The van der Waals surface area contributed by atoms with Gasteiger partial charge in [0.05, 0.1) is 0 Å². The van der Waals surface area contributed by atoms with Crippen LogP contribution in [-0.2, 0) is 0 Å². The van der Waals surface area contributed by atoms with Crippen molar-refractivity contribution in [2.24, 2.45) is 0 Å². The number of unbranched alkanes of at least 4 members (excludes halogenated alkanes) is 11. The highest BCUT2D eigenvalue weighted by molar-refractivity contribution is 7.99. The molecule has 0 unspecified atom stereocenters. The molecule has 0 heterocycles. The van der Waals surface area contributed by atoms with Crippen LogP contribution in [0.1, 0.15) is 90.4 Å². The van der Waals surface area contributed by atoms with Gasteiger partial charge in [0.25, 0.3) is 0 Å². The Bertz CT molecular complexity index is 382. The minimum absolute atomic E-state index is 1.27. The second-order valence-electron chi connectivity index (χ2n) is 6.75. The number of thioether (sulfide) groups is 1. The number of rotatable bonds is 16. The molecule has 0 aliphatic heterocycles. The SMILES string of the molecule is CCCCCCCC/C=C\CCCCCCCSc1ccccc1. The van der Waals surface area contributed by atoms with Crippen LogP contribution in [-0.4, -0.2) is 5.75 Å². The molecule has 136 valence electrons. The van der Waals surface area contributed by atoms with E-state index in [0.29, 0.717) is 0 Å². The van der Waals surface area contributed by atoms with Gasteiger partial charge in [-0.05, 0) is 50.0 Å². The lowest BCUT2D eigenvalue weighted by atomic mass is 10.1. The van der Waals surface area contributed by atoms with Crippen molar-refractivity contribution in [1.82, 2.24) is 0 Å². The number of hydrogen-bond acceptors (Lipinski definition) is 1. The van der Waals surface area contributed by atoms with Crippen LogP contribution < -0.4 is 0 Å². The monoisotopic (exact) mass is 346 g/mol. The standard InChI is InChI=1S/C23H38S/c1-2-3-4-5-6-7-8-9-10-11-12-13-14-15-19-22-24-23-20-17-16-18-21-23/h9-10,16-18,20-21H,2-8,11-15,19,22H2,1H3/b10-9-. The van der Waals surface area contributed by atoms with E-state index in [1.807, 2.05) is 11.8 Å². The summed E-state index contributed by atoms with van der Waals surface area (Å²) in [6, 6.07) is 10.8. The fourth-order valence-corrected chi connectivity index (χ4v) is 3.81. The number of hydrogen-bond donors (Lipinski definition) is 0. The van der Waals surface area contributed by atoms with Crippen molar-refractivity contribution in [3.05, 3.63) is 42.5 Å². The molecule has 0 bridgehead atoms. The summed E-state index contributed by atoms with van der Waals surface area (Å²) in [6.07, 6.45) is 22.8. The molecule has 0 spiro atoms. The lowest BCUT2D eigenvalue weighted by Gasteiger charge is -2.02. The van der Waals surface area contributed by atoms with Crippen LogP contribution in [0.5, 0.6) is 0 Å². The molecule has 1 aromatic carbocycles. The molecular weight excluding hydrogens is 308 g/mol. The summed E-state index contributed by atoms with van der Waals surface area (Å²) < 4.78 is 0. The summed E-state index contributed by atoms with van der Waals surface area (Å²) in [4.78, 5) is 1.41. The Morgan fingerprint density at radius 3 is 1.83 bits per heavy atom. The largest absolute Gasteiger partial charge is 0.126 e. The minimum Gasteiger partial charge on any atom is -0.126 e. The van der Waals surface area contributed by atoms with E-state index in [0.717, 1.165) is 0 Å². The van der Waals surface area contributed by atoms with E-state index in [1.165, 1.54) is 94.1 Å². The van der Waals surface area contributed by atoms with Crippen molar-refractivity contribution in [3.63, 3.8) is 0 Å². The Balaban J connectivity index is 1.76. The van der Waals surface area contributed by atoms with Gasteiger partial charge in [-0.3, -0.25) is 0 Å². The maximum absolute atomic E-state index is 2.41. The molecule has 1 aromatic rings. The topological polar surface area (TPSA) is 0 Å². The first-order chi connectivity index (χ1) is 11.9. The molecule has 0 fully saturated rings. The summed E-state index contributed by atoms with van der Waals surface area (Å²) in [5.74, 6) is 1.27. The van der Waals surface area contributed by atoms with Crippen molar-refractivity contribution >= 4 is 11.8 Å². The highest BCUT2D eigenvalue weighted by atomic mass is 32.2. The van der Waals surface area contributed by atoms with Gasteiger partial charge in [-0.15, -0.1) is 11.8 Å². The van der Waals surface area contributed by atoms with E-state index >= 15 is 0 Å². The zero-order valence-corrected chi connectivity index (χ0v) is 16.7. The third-order valence-corrected chi connectivity index (χ3v) is 5.52. The van der Waals surface area contributed by atoms with Crippen LogP contribution in [0.2, 0.25) is 0 Å². The van der Waals surface area contributed by atoms with Crippen LogP contribution in [0.15, 0.2) is 47.4 Å². The van der Waals surface area contributed by atoms with Gasteiger partial charge in [0.2, 0.25) is 0 Å². The van der Waals surface area contributed by atoms with Crippen molar-refractivity contribution in [1.29, 1.82) is 0 Å². The molecule has 0 aromatic heterocycles. The molecule has 0 radical (unpaired) electrons.